The topological polar surface area (TPSA) is 223 Å². The number of nitrogens with zero attached hydrogens (tertiary/aromatic N) is 10. The molecular formula is C38H78N10O11. The number of rotatable bonds is 21. The first-order valence-electron chi connectivity index (χ1n) is 19.0. The second kappa shape index (κ2) is 42.3. The molecule has 0 unspecified atom stereocenters. The Bertz CT molecular complexity index is 1050. The van der Waals surface area contributed by atoms with Crippen LogP contribution in [0.5, 0.6) is 0 Å². The van der Waals surface area contributed by atoms with E-state index >= 15 is 0 Å². The predicted octanol–water partition coefficient (Wildman–Crippen LogP) is -1.28. The molecule has 0 aromatic heterocycles. The van der Waals surface area contributed by atoms with E-state index < -0.39 is 5.97 Å². The van der Waals surface area contributed by atoms with Crippen molar-refractivity contribution in [3.05, 3.63) is 0 Å². The third kappa shape index (κ3) is 45.2. The Labute approximate surface area is 353 Å². The van der Waals surface area contributed by atoms with Crippen molar-refractivity contribution in [3.8, 4) is 0 Å². The first-order valence-corrected chi connectivity index (χ1v) is 19.0. The highest BCUT2D eigenvalue weighted by atomic mass is 16.4. The van der Waals surface area contributed by atoms with Gasteiger partial charge in [-0.1, -0.05) is 6.92 Å². The Morgan fingerprint density at radius 2 is 0.576 bits per heavy atom. The summed E-state index contributed by atoms with van der Waals surface area (Å²) >= 11 is 0. The Hall–Kier alpha value is -5.34. The molecule has 0 rings (SSSR count). The smallest absolute Gasteiger partial charge is 0.323 e. The lowest BCUT2D eigenvalue weighted by molar-refractivity contribution is -0.140. The summed E-state index contributed by atoms with van der Waals surface area (Å²) in [7, 11) is 16.7. The molecule has 0 atom stereocenters. The van der Waals surface area contributed by atoms with E-state index in [-0.39, 0.29) is 56.4 Å². The second-order valence-corrected chi connectivity index (χ2v) is 13.3. The third-order valence-electron chi connectivity index (χ3n) is 7.80. The molecule has 9 amide bonds. The number of hydrogen-bond donors (Lipinski definition) is 1. The summed E-state index contributed by atoms with van der Waals surface area (Å²) in [5.74, 6) is -1.16. The molecule has 0 bridgehead atoms. The van der Waals surface area contributed by atoms with Crippen LogP contribution in [0.2, 0.25) is 0 Å². The summed E-state index contributed by atoms with van der Waals surface area (Å²) in [6.07, 6.45) is 3.03. The van der Waals surface area contributed by atoms with Crippen molar-refractivity contribution >= 4 is 61.6 Å². The fourth-order valence-electron chi connectivity index (χ4n) is 2.81. The average molecular weight is 851 g/mol. The largest absolute Gasteiger partial charge is 0.480 e. The molecule has 0 spiro atoms. The fourth-order valence-corrected chi connectivity index (χ4v) is 2.81. The van der Waals surface area contributed by atoms with Crippen LogP contribution in [0.1, 0.15) is 48.5 Å². The molecule has 0 aromatic rings. The normalized spacial score (nSPS) is 9.14. The van der Waals surface area contributed by atoms with Gasteiger partial charge in [0, 0.05) is 95.6 Å². The van der Waals surface area contributed by atoms with Crippen molar-refractivity contribution in [2.45, 2.75) is 54.5 Å². The summed E-state index contributed by atoms with van der Waals surface area (Å²) in [5, 5.41) is 8.01. The van der Waals surface area contributed by atoms with Crippen molar-refractivity contribution in [2.75, 3.05) is 136 Å². The zero-order valence-electron chi connectivity index (χ0n) is 39.0. The van der Waals surface area contributed by atoms with Gasteiger partial charge in [-0.2, -0.15) is 0 Å². The van der Waals surface area contributed by atoms with Crippen molar-refractivity contribution < 1.29 is 53.1 Å². The van der Waals surface area contributed by atoms with Crippen LogP contribution in [0, 0.1) is 0 Å². The highest BCUT2D eigenvalue weighted by Gasteiger charge is 2.10. The minimum Gasteiger partial charge on any atom is -0.480 e. The molecular weight excluding hydrogens is 772 g/mol. The van der Waals surface area contributed by atoms with Crippen molar-refractivity contribution in [1.82, 2.24) is 49.0 Å². The van der Waals surface area contributed by atoms with Gasteiger partial charge < -0.3 is 54.1 Å². The van der Waals surface area contributed by atoms with Gasteiger partial charge in [0.1, 0.15) is 6.54 Å². The van der Waals surface area contributed by atoms with E-state index in [9.17, 15) is 47.9 Å². The Morgan fingerprint density at radius 3 is 0.661 bits per heavy atom. The highest BCUT2D eigenvalue weighted by molar-refractivity contribution is 5.81. The van der Waals surface area contributed by atoms with Gasteiger partial charge in [-0.3, -0.25) is 47.9 Å². The summed E-state index contributed by atoms with van der Waals surface area (Å²) in [4.78, 5) is 119. The van der Waals surface area contributed by atoms with E-state index in [1.807, 2.05) is 27.7 Å². The maximum absolute atomic E-state index is 11.1. The third-order valence-corrected chi connectivity index (χ3v) is 7.80. The monoisotopic (exact) mass is 851 g/mol. The van der Waals surface area contributed by atoms with Gasteiger partial charge in [0.2, 0.25) is 55.7 Å². The van der Waals surface area contributed by atoms with Gasteiger partial charge in [0.25, 0.3) is 0 Å². The van der Waals surface area contributed by atoms with E-state index in [0.29, 0.717) is 64.3 Å². The minimum absolute atomic E-state index is 0.0397. The molecule has 59 heavy (non-hydrogen) atoms. The minimum atomic E-state index is -1.00. The van der Waals surface area contributed by atoms with E-state index in [4.69, 9.17) is 5.11 Å². The van der Waals surface area contributed by atoms with Crippen LogP contribution in [-0.4, -0.2) is 258 Å². The van der Waals surface area contributed by atoms with Crippen LogP contribution in [0.3, 0.4) is 0 Å². The van der Waals surface area contributed by atoms with Crippen LogP contribution in [-0.2, 0) is 47.9 Å². The predicted molar refractivity (Wildman–Crippen MR) is 228 cm³/mol. The second-order valence-electron chi connectivity index (χ2n) is 13.3. The summed E-state index contributed by atoms with van der Waals surface area (Å²) in [6, 6.07) is 0.699. The molecule has 1 N–H and O–H groups in total. The number of carbonyl (C=O) groups is 10. The zero-order valence-corrected chi connectivity index (χ0v) is 39.0. The lowest BCUT2D eigenvalue weighted by Gasteiger charge is -2.17. The summed E-state index contributed by atoms with van der Waals surface area (Å²) in [6.45, 7) is 18.4. The Balaban J connectivity index is -0.000000144. The SMILES string of the molecule is CCN(C)C(=O)CN(C)C=O.CCN(C)C(=O)CN(C)C=O.CCN(C)C(=O)CN(C)C=O.CCN(C)C(=O)CN(C)C=O.CCN(C)C(C)C.CN(C=O)CC(=O)O. The number of aliphatic carboxylic acids is 1. The molecule has 0 saturated carbocycles. The molecule has 0 radical (unpaired) electrons. The molecule has 0 aliphatic rings. The van der Waals surface area contributed by atoms with Crippen molar-refractivity contribution in [3.63, 3.8) is 0 Å². The average Bonchev–Trinajstić information content (AvgIpc) is 3.22. The van der Waals surface area contributed by atoms with Gasteiger partial charge in [-0.25, -0.2) is 0 Å². The molecule has 0 aromatic carbocycles. The van der Waals surface area contributed by atoms with Crippen LogP contribution in [0.15, 0.2) is 0 Å². The number of carboxylic acids is 1. The molecule has 0 aliphatic carbocycles. The molecule has 21 nitrogen and oxygen atoms in total. The molecule has 346 valence electrons. The standard InChI is InChI=1S/4C7H14N2O2.C6H15N.C4H7NO3/c4*1-4-9(3)7(11)5-8(2)6-10;1-5-7(4)6(2)3;1-5(3-6)2-4(7)8/h4*6H,4-5H2,1-3H3;6H,5H2,1-4H3;3H,2H2,1H3,(H,7,8). The van der Waals surface area contributed by atoms with Gasteiger partial charge in [-0.05, 0) is 55.1 Å². The van der Waals surface area contributed by atoms with E-state index in [2.05, 4.69) is 32.7 Å². The number of carbonyl (C=O) groups excluding carboxylic acids is 9. The molecule has 0 fully saturated rings. The van der Waals surface area contributed by atoms with Gasteiger partial charge >= 0.3 is 5.97 Å². The Morgan fingerprint density at radius 1 is 0.390 bits per heavy atom. The lowest BCUT2D eigenvalue weighted by atomic mass is 10.3. The summed E-state index contributed by atoms with van der Waals surface area (Å²) < 4.78 is 0. The number of likely N-dealkylation sites (N-methyl/N-ethyl adjacent to an activating group) is 9. The first-order chi connectivity index (χ1) is 27.3. The molecule has 0 saturated heterocycles. The van der Waals surface area contributed by atoms with E-state index in [1.54, 1.807) is 76.0 Å². The maximum atomic E-state index is 11.1. The number of carboxylic acid groups (broad SMARTS) is 1. The van der Waals surface area contributed by atoms with E-state index in [1.165, 1.54) is 26.6 Å². The highest BCUT2D eigenvalue weighted by Crippen LogP contribution is 1.90. The van der Waals surface area contributed by atoms with Gasteiger partial charge in [0.15, 0.2) is 0 Å². The van der Waals surface area contributed by atoms with Crippen molar-refractivity contribution in [1.29, 1.82) is 0 Å². The number of hydrogen-bond acceptors (Lipinski definition) is 11. The fraction of sp³-hybridized carbons (Fsp3) is 0.737. The van der Waals surface area contributed by atoms with E-state index in [0.717, 1.165) is 11.4 Å². The van der Waals surface area contributed by atoms with Crippen LogP contribution >= 0.6 is 0 Å². The quantitative estimate of drug-likeness (QED) is 0.133. The van der Waals surface area contributed by atoms with Crippen LogP contribution < -0.4 is 0 Å². The van der Waals surface area contributed by atoms with Crippen molar-refractivity contribution in [2.24, 2.45) is 0 Å². The van der Waals surface area contributed by atoms with Crippen LogP contribution in [0.4, 0.5) is 0 Å². The molecule has 0 heterocycles. The zero-order chi connectivity index (χ0) is 47.8. The van der Waals surface area contributed by atoms with Crippen LogP contribution in [0.25, 0.3) is 0 Å². The molecule has 21 heteroatoms. The molecule has 0 aliphatic heterocycles. The first kappa shape index (κ1) is 65.5. The lowest BCUT2D eigenvalue weighted by Crippen LogP contribution is -2.35. The summed E-state index contributed by atoms with van der Waals surface area (Å²) in [5.41, 5.74) is 0. The van der Waals surface area contributed by atoms with Gasteiger partial charge in [-0.15, -0.1) is 0 Å². The van der Waals surface area contributed by atoms with Gasteiger partial charge in [0.05, 0.1) is 26.2 Å². The maximum Gasteiger partial charge on any atom is 0.323 e. The number of amides is 9. The Kier molecular flexibility index (Phi) is 46.9.